The van der Waals surface area contributed by atoms with Crippen LogP contribution in [0.4, 0.5) is 9.52 Å². The van der Waals surface area contributed by atoms with Crippen molar-refractivity contribution in [1.82, 2.24) is 25.2 Å². The Labute approximate surface area is 151 Å². The Hall–Kier alpha value is -2.33. The molecule has 0 bridgehead atoms. The summed E-state index contributed by atoms with van der Waals surface area (Å²) < 4.78 is 14.6. The smallest absolute Gasteiger partial charge is 0.236 e. The lowest BCUT2D eigenvalue weighted by atomic mass is 10.2. The first-order valence-corrected chi connectivity index (χ1v) is 9.31. The van der Waals surface area contributed by atoms with Gasteiger partial charge in [0.2, 0.25) is 11.1 Å². The van der Waals surface area contributed by atoms with Gasteiger partial charge in [0.05, 0.1) is 17.5 Å². The molecule has 0 aliphatic carbocycles. The highest BCUT2D eigenvalue weighted by Crippen LogP contribution is 2.25. The molecule has 1 aromatic carbocycles. The minimum absolute atomic E-state index is 0.123. The Morgan fingerprint density at radius 2 is 2.12 bits per heavy atom. The Morgan fingerprint density at radius 3 is 2.84 bits per heavy atom. The van der Waals surface area contributed by atoms with Crippen LogP contribution in [0, 0.1) is 5.82 Å². The van der Waals surface area contributed by atoms with E-state index in [1.165, 1.54) is 35.2 Å². The number of benzene rings is 1. The second kappa shape index (κ2) is 7.70. The summed E-state index contributed by atoms with van der Waals surface area (Å²) in [5.41, 5.74) is 1.49. The average Bonchev–Trinajstić information content (AvgIpc) is 3.23. The van der Waals surface area contributed by atoms with Crippen molar-refractivity contribution >= 4 is 34.1 Å². The van der Waals surface area contributed by atoms with E-state index in [2.05, 4.69) is 25.8 Å². The van der Waals surface area contributed by atoms with Gasteiger partial charge < -0.3 is 5.32 Å². The van der Waals surface area contributed by atoms with Crippen LogP contribution in [0.15, 0.2) is 34.8 Å². The van der Waals surface area contributed by atoms with Crippen molar-refractivity contribution in [1.29, 1.82) is 0 Å². The van der Waals surface area contributed by atoms with Crippen molar-refractivity contribution in [2.75, 3.05) is 11.1 Å². The van der Waals surface area contributed by atoms with Crippen molar-refractivity contribution in [2.45, 2.75) is 25.0 Å². The highest BCUT2D eigenvalue weighted by Gasteiger charge is 2.13. The molecule has 7 nitrogen and oxygen atoms in total. The summed E-state index contributed by atoms with van der Waals surface area (Å²) in [5, 5.41) is 17.1. The van der Waals surface area contributed by atoms with Gasteiger partial charge in [0.1, 0.15) is 5.82 Å². The SMILES string of the molecule is CC(C)n1nnnc1SCC(=O)Nc1nc(-c2ccc(F)cc2)cs1. The van der Waals surface area contributed by atoms with Crippen molar-refractivity contribution < 1.29 is 9.18 Å². The largest absolute Gasteiger partial charge is 0.301 e. The Balaban J connectivity index is 1.58. The van der Waals surface area contributed by atoms with Crippen molar-refractivity contribution in [3.8, 4) is 11.3 Å². The van der Waals surface area contributed by atoms with Gasteiger partial charge in [0.25, 0.3) is 0 Å². The van der Waals surface area contributed by atoms with E-state index in [1.807, 2.05) is 19.2 Å². The number of carbonyl (C=O) groups excluding carboxylic acids is 1. The van der Waals surface area contributed by atoms with E-state index in [9.17, 15) is 9.18 Å². The standard InChI is InChI=1S/C15H15FN6OS2/c1-9(2)22-15(19-20-21-22)25-8-13(23)18-14-17-12(7-24-14)10-3-5-11(16)6-4-10/h3-7,9H,8H2,1-2H3,(H,17,18,23). The van der Waals surface area contributed by atoms with E-state index in [0.29, 0.717) is 16.0 Å². The molecule has 1 N–H and O–H groups in total. The number of rotatable bonds is 6. The highest BCUT2D eigenvalue weighted by molar-refractivity contribution is 7.99. The molecule has 0 atom stereocenters. The molecule has 0 saturated heterocycles. The molecule has 2 heterocycles. The van der Waals surface area contributed by atoms with Crippen LogP contribution < -0.4 is 5.32 Å². The van der Waals surface area contributed by atoms with Gasteiger partial charge in [-0.1, -0.05) is 11.8 Å². The molecule has 1 amide bonds. The molecule has 0 spiro atoms. The van der Waals surface area contributed by atoms with Crippen molar-refractivity contribution in [3.05, 3.63) is 35.5 Å². The van der Waals surface area contributed by atoms with Gasteiger partial charge in [-0.15, -0.1) is 16.4 Å². The second-order valence-electron chi connectivity index (χ2n) is 5.38. The normalized spacial score (nSPS) is 11.0. The number of nitrogens with one attached hydrogen (secondary N) is 1. The Morgan fingerprint density at radius 1 is 1.36 bits per heavy atom. The van der Waals surface area contributed by atoms with Crippen LogP contribution in [0.25, 0.3) is 11.3 Å². The van der Waals surface area contributed by atoms with Crippen molar-refractivity contribution in [2.24, 2.45) is 0 Å². The summed E-state index contributed by atoms with van der Waals surface area (Å²) in [6.45, 7) is 3.93. The van der Waals surface area contributed by atoms with E-state index in [4.69, 9.17) is 0 Å². The molecule has 2 aromatic heterocycles. The lowest BCUT2D eigenvalue weighted by molar-refractivity contribution is -0.113. The van der Waals surface area contributed by atoms with E-state index >= 15 is 0 Å². The number of anilines is 1. The fraction of sp³-hybridized carbons (Fsp3) is 0.267. The van der Waals surface area contributed by atoms with Gasteiger partial charge in [-0.25, -0.2) is 14.1 Å². The number of thiazole rings is 1. The second-order valence-corrected chi connectivity index (χ2v) is 7.18. The van der Waals surface area contributed by atoms with Crippen molar-refractivity contribution in [3.63, 3.8) is 0 Å². The fourth-order valence-electron chi connectivity index (χ4n) is 1.97. The van der Waals surface area contributed by atoms with Crippen LogP contribution in [0.3, 0.4) is 0 Å². The molecule has 3 aromatic rings. The Kier molecular flexibility index (Phi) is 5.39. The number of aromatic nitrogens is 5. The molecule has 10 heteroatoms. The maximum atomic E-state index is 13.0. The zero-order chi connectivity index (χ0) is 17.8. The number of hydrogen-bond donors (Lipinski definition) is 1. The molecule has 25 heavy (non-hydrogen) atoms. The third-order valence-electron chi connectivity index (χ3n) is 3.17. The lowest BCUT2D eigenvalue weighted by Crippen LogP contribution is -2.15. The first kappa shape index (κ1) is 17.5. The molecule has 130 valence electrons. The fourth-order valence-corrected chi connectivity index (χ4v) is 3.52. The van der Waals surface area contributed by atoms with E-state index in [1.54, 1.807) is 16.8 Å². The molecule has 0 unspecified atom stereocenters. The zero-order valence-electron chi connectivity index (χ0n) is 13.5. The summed E-state index contributed by atoms with van der Waals surface area (Å²) in [6.07, 6.45) is 0. The van der Waals surface area contributed by atoms with E-state index in [-0.39, 0.29) is 23.5 Å². The number of hydrogen-bond acceptors (Lipinski definition) is 7. The average molecular weight is 378 g/mol. The monoisotopic (exact) mass is 378 g/mol. The van der Waals surface area contributed by atoms with Crippen LogP contribution >= 0.6 is 23.1 Å². The number of amides is 1. The van der Waals surface area contributed by atoms with Gasteiger partial charge in [-0.3, -0.25) is 4.79 Å². The van der Waals surface area contributed by atoms with Gasteiger partial charge >= 0.3 is 0 Å². The van der Waals surface area contributed by atoms with Gasteiger partial charge in [0, 0.05) is 10.9 Å². The molecule has 0 aliphatic rings. The summed E-state index contributed by atoms with van der Waals surface area (Å²) in [6, 6.07) is 6.18. The van der Waals surface area contributed by atoms with Crippen LogP contribution in [-0.2, 0) is 4.79 Å². The highest BCUT2D eigenvalue weighted by atomic mass is 32.2. The molecule has 3 rings (SSSR count). The third-order valence-corrected chi connectivity index (χ3v) is 4.87. The molecular weight excluding hydrogens is 363 g/mol. The topological polar surface area (TPSA) is 85.6 Å². The van der Waals surface area contributed by atoms with E-state index in [0.717, 1.165) is 5.56 Å². The van der Waals surface area contributed by atoms with Crippen LogP contribution in [-0.4, -0.2) is 36.9 Å². The first-order valence-electron chi connectivity index (χ1n) is 7.45. The molecular formula is C15H15FN6OS2. The third kappa shape index (κ3) is 4.40. The van der Waals surface area contributed by atoms with Crippen LogP contribution in [0.5, 0.6) is 0 Å². The molecule has 0 fully saturated rings. The Bertz CT molecular complexity index is 861. The summed E-state index contributed by atoms with van der Waals surface area (Å²) in [5.74, 6) is -0.310. The number of thioether (sulfide) groups is 1. The summed E-state index contributed by atoms with van der Waals surface area (Å²) in [7, 11) is 0. The van der Waals surface area contributed by atoms with Gasteiger partial charge in [-0.2, -0.15) is 0 Å². The minimum Gasteiger partial charge on any atom is -0.301 e. The van der Waals surface area contributed by atoms with Crippen LogP contribution in [0.1, 0.15) is 19.9 Å². The molecule has 0 radical (unpaired) electrons. The first-order chi connectivity index (χ1) is 12.0. The summed E-state index contributed by atoms with van der Waals surface area (Å²) in [4.78, 5) is 16.4. The van der Waals surface area contributed by atoms with Gasteiger partial charge in [-0.05, 0) is 48.5 Å². The maximum Gasteiger partial charge on any atom is 0.236 e. The summed E-state index contributed by atoms with van der Waals surface area (Å²) >= 11 is 2.58. The van der Waals surface area contributed by atoms with E-state index < -0.39 is 0 Å². The minimum atomic E-state index is -0.298. The number of tetrazole rings is 1. The predicted molar refractivity (Wildman–Crippen MR) is 95.1 cm³/mol. The molecule has 0 saturated carbocycles. The zero-order valence-corrected chi connectivity index (χ0v) is 15.1. The maximum absolute atomic E-state index is 13.0. The lowest BCUT2D eigenvalue weighted by Gasteiger charge is -2.06. The number of halogens is 1. The predicted octanol–water partition coefficient (Wildman–Crippen LogP) is 3.25. The number of nitrogens with zero attached hydrogens (tertiary/aromatic N) is 5. The van der Waals surface area contributed by atoms with Crippen LogP contribution in [0.2, 0.25) is 0 Å². The number of carbonyl (C=O) groups is 1. The van der Waals surface area contributed by atoms with Gasteiger partial charge in [0.15, 0.2) is 5.13 Å². The quantitative estimate of drug-likeness (QED) is 0.663. The molecule has 0 aliphatic heterocycles.